The van der Waals surface area contributed by atoms with E-state index in [9.17, 15) is 13.2 Å². The average molecular weight is 282 g/mol. The van der Waals surface area contributed by atoms with Crippen LogP contribution >= 0.6 is 22.3 Å². The van der Waals surface area contributed by atoms with Crippen LogP contribution in [0.3, 0.4) is 0 Å². The molecule has 1 aliphatic rings. The number of amides is 1. The number of nitrogens with one attached hydrogen (secondary N) is 1. The van der Waals surface area contributed by atoms with Crippen molar-refractivity contribution in [1.29, 1.82) is 0 Å². The maximum absolute atomic E-state index is 11.1. The summed E-state index contributed by atoms with van der Waals surface area (Å²) in [5.74, 6) is -0.103. The van der Waals surface area contributed by atoms with Crippen LogP contribution in [0.5, 0.6) is 5.75 Å². The van der Waals surface area contributed by atoms with Gasteiger partial charge in [0, 0.05) is 22.3 Å². The van der Waals surface area contributed by atoms with Gasteiger partial charge in [-0.05, 0) is 6.07 Å². The van der Waals surface area contributed by atoms with Crippen LogP contribution in [-0.2, 0) is 20.3 Å². The maximum atomic E-state index is 11.1. The molecule has 0 fully saturated rings. The van der Waals surface area contributed by atoms with Gasteiger partial charge in [-0.3, -0.25) is 4.79 Å². The molecule has 0 saturated heterocycles. The first kappa shape index (κ1) is 11.5. The molecule has 0 saturated carbocycles. The zero-order valence-electron chi connectivity index (χ0n) is 7.66. The van der Waals surface area contributed by atoms with Crippen LogP contribution in [-0.4, -0.2) is 14.3 Å². The Labute approximate surface area is 101 Å². The maximum Gasteiger partial charge on any atom is 0.262 e. The van der Waals surface area contributed by atoms with Crippen LogP contribution in [0.15, 0.2) is 17.0 Å². The third-order valence-corrected chi connectivity index (χ3v) is 3.79. The van der Waals surface area contributed by atoms with E-state index in [1.54, 1.807) is 0 Å². The van der Waals surface area contributed by atoms with Crippen molar-refractivity contribution in [1.82, 2.24) is 5.48 Å². The van der Waals surface area contributed by atoms with Gasteiger partial charge >= 0.3 is 0 Å². The topological polar surface area (TPSA) is 72.5 Å². The summed E-state index contributed by atoms with van der Waals surface area (Å²) in [4.78, 5) is 15.6. The molecule has 0 bridgehead atoms. The smallest absolute Gasteiger partial charge is 0.262 e. The molecule has 5 nitrogen and oxygen atoms in total. The number of hydrogen-bond donors (Lipinski definition) is 1. The lowest BCUT2D eigenvalue weighted by Gasteiger charge is -2.17. The van der Waals surface area contributed by atoms with Gasteiger partial charge in [0.2, 0.25) is 0 Å². The lowest BCUT2D eigenvalue weighted by Crippen LogP contribution is -2.33. The van der Waals surface area contributed by atoms with E-state index in [4.69, 9.17) is 27.1 Å². The molecule has 0 aliphatic carbocycles. The Morgan fingerprint density at radius 1 is 1.38 bits per heavy atom. The summed E-state index contributed by atoms with van der Waals surface area (Å²) in [7, 11) is 1.25. The van der Waals surface area contributed by atoms with Gasteiger partial charge in [-0.2, -0.15) is 5.48 Å². The first-order valence-electron chi connectivity index (χ1n) is 4.10. The van der Waals surface area contributed by atoms with Gasteiger partial charge in [0.15, 0.2) is 5.75 Å². The van der Waals surface area contributed by atoms with Crippen LogP contribution in [0, 0.1) is 0 Å². The minimum absolute atomic E-state index is 0.0351. The number of benzene rings is 1. The second-order valence-corrected chi connectivity index (χ2v) is 6.07. The Morgan fingerprint density at radius 2 is 2.06 bits per heavy atom. The fraction of sp³-hybridized carbons (Fsp3) is 0.125. The fourth-order valence-corrected chi connectivity index (χ4v) is 2.85. The summed E-state index contributed by atoms with van der Waals surface area (Å²) in [6.07, 6.45) is 0.0810. The molecule has 0 radical (unpaired) electrons. The third-order valence-electron chi connectivity index (χ3n) is 2.00. The monoisotopic (exact) mass is 281 g/mol. The Balaban J connectivity index is 2.59. The van der Waals surface area contributed by atoms with Crippen molar-refractivity contribution in [2.24, 2.45) is 0 Å². The van der Waals surface area contributed by atoms with Gasteiger partial charge in [-0.1, -0.05) is 11.6 Å². The zero-order valence-corrected chi connectivity index (χ0v) is 9.99. The molecule has 1 aliphatic heterocycles. The molecule has 1 aromatic rings. The Morgan fingerprint density at radius 3 is 2.69 bits per heavy atom. The van der Waals surface area contributed by atoms with E-state index in [0.29, 0.717) is 5.56 Å². The lowest BCUT2D eigenvalue weighted by molar-refractivity contribution is -0.128. The van der Waals surface area contributed by atoms with Crippen molar-refractivity contribution >= 4 is 37.2 Å². The quantitative estimate of drug-likeness (QED) is 0.786. The molecule has 16 heavy (non-hydrogen) atoms. The SMILES string of the molecule is O=C1Cc2cc(Cl)c(S(=O)(=O)Cl)cc2ON1. The summed E-state index contributed by atoms with van der Waals surface area (Å²) in [5.41, 5.74) is 2.63. The molecule has 8 heteroatoms. The molecule has 0 unspecified atom stereocenters. The number of carbonyl (C=O) groups is 1. The van der Waals surface area contributed by atoms with E-state index < -0.39 is 9.05 Å². The Hall–Kier alpha value is -0.980. The largest absolute Gasteiger partial charge is 0.379 e. The standard InChI is InChI=1S/C8H5Cl2NO4S/c9-5-1-4-2-8(12)11-15-6(4)3-7(5)16(10,13)14/h1,3H,2H2,(H,11,12). The highest BCUT2D eigenvalue weighted by Crippen LogP contribution is 2.33. The van der Waals surface area contributed by atoms with Crippen molar-refractivity contribution in [2.45, 2.75) is 11.3 Å². The highest BCUT2D eigenvalue weighted by molar-refractivity contribution is 8.13. The van der Waals surface area contributed by atoms with Crippen molar-refractivity contribution < 1.29 is 18.0 Å². The molecule has 0 aromatic heterocycles. The molecule has 1 N–H and O–H groups in total. The van der Waals surface area contributed by atoms with Gasteiger partial charge in [-0.25, -0.2) is 8.42 Å². The van der Waals surface area contributed by atoms with E-state index in [1.807, 2.05) is 0 Å². The Kier molecular flexibility index (Phi) is 2.73. The van der Waals surface area contributed by atoms with E-state index in [2.05, 4.69) is 5.48 Å². The van der Waals surface area contributed by atoms with Gasteiger partial charge in [0.05, 0.1) is 11.4 Å². The molecule has 1 aromatic carbocycles. The van der Waals surface area contributed by atoms with Crippen molar-refractivity contribution in [3.8, 4) is 5.75 Å². The number of carbonyl (C=O) groups excluding carboxylic acids is 1. The van der Waals surface area contributed by atoms with Gasteiger partial charge in [0.25, 0.3) is 15.0 Å². The summed E-state index contributed by atoms with van der Waals surface area (Å²) in [6.45, 7) is 0. The molecule has 86 valence electrons. The Bertz CT molecular complexity index is 570. The van der Waals surface area contributed by atoms with Crippen molar-refractivity contribution in [2.75, 3.05) is 0 Å². The molecule has 1 heterocycles. The molecule has 0 atom stereocenters. The predicted molar refractivity (Wildman–Crippen MR) is 57.0 cm³/mol. The number of hydrogen-bond acceptors (Lipinski definition) is 4. The van der Waals surface area contributed by atoms with Crippen LogP contribution in [0.1, 0.15) is 5.56 Å². The lowest BCUT2D eigenvalue weighted by atomic mass is 10.1. The number of rotatable bonds is 1. The second kappa shape index (κ2) is 3.80. The highest BCUT2D eigenvalue weighted by atomic mass is 35.7. The van der Waals surface area contributed by atoms with Gasteiger partial charge in [-0.15, -0.1) is 0 Å². The normalized spacial score (nSPS) is 15.0. The third kappa shape index (κ3) is 2.09. The van der Waals surface area contributed by atoms with Gasteiger partial charge in [0.1, 0.15) is 4.90 Å². The average Bonchev–Trinajstić information content (AvgIpc) is 2.14. The van der Waals surface area contributed by atoms with Gasteiger partial charge < -0.3 is 4.84 Å². The van der Waals surface area contributed by atoms with Crippen molar-refractivity contribution in [3.63, 3.8) is 0 Å². The van der Waals surface area contributed by atoms with Crippen molar-refractivity contribution in [3.05, 3.63) is 22.7 Å². The highest BCUT2D eigenvalue weighted by Gasteiger charge is 2.23. The minimum atomic E-state index is -3.93. The van der Waals surface area contributed by atoms with E-state index >= 15 is 0 Å². The number of halogens is 2. The van der Waals surface area contributed by atoms with E-state index in [1.165, 1.54) is 12.1 Å². The van der Waals surface area contributed by atoms with Crippen LogP contribution in [0.2, 0.25) is 5.02 Å². The molecule has 1 amide bonds. The molecule has 2 rings (SSSR count). The number of fused-ring (bicyclic) bond motifs is 1. The molecular weight excluding hydrogens is 277 g/mol. The molecule has 0 spiro atoms. The summed E-state index contributed by atoms with van der Waals surface area (Å²) < 4.78 is 22.3. The first-order valence-corrected chi connectivity index (χ1v) is 6.79. The fourth-order valence-electron chi connectivity index (χ4n) is 1.32. The molecular formula is C8H5Cl2NO4S. The second-order valence-electron chi connectivity index (χ2n) is 3.13. The van der Waals surface area contributed by atoms with E-state index in [0.717, 1.165) is 0 Å². The first-order chi connectivity index (χ1) is 7.38. The van der Waals surface area contributed by atoms with Crippen LogP contribution in [0.4, 0.5) is 0 Å². The summed E-state index contributed by atoms with van der Waals surface area (Å²) in [6, 6.07) is 2.53. The van der Waals surface area contributed by atoms with E-state index in [-0.39, 0.29) is 28.0 Å². The summed E-state index contributed by atoms with van der Waals surface area (Å²) in [5, 5.41) is -0.0351. The number of hydroxylamine groups is 1. The predicted octanol–water partition coefficient (Wildman–Crippen LogP) is 1.23. The van der Waals surface area contributed by atoms with Crippen LogP contribution < -0.4 is 10.3 Å². The van der Waals surface area contributed by atoms with Crippen LogP contribution in [0.25, 0.3) is 0 Å². The summed E-state index contributed by atoms with van der Waals surface area (Å²) >= 11 is 5.74. The zero-order chi connectivity index (χ0) is 11.9. The minimum Gasteiger partial charge on any atom is -0.379 e.